The van der Waals surface area contributed by atoms with Crippen LogP contribution < -0.4 is 5.32 Å². The van der Waals surface area contributed by atoms with Crippen molar-refractivity contribution in [2.75, 3.05) is 11.9 Å². The molecule has 1 saturated heterocycles. The van der Waals surface area contributed by atoms with Gasteiger partial charge in [0.05, 0.1) is 11.8 Å². The highest BCUT2D eigenvalue weighted by molar-refractivity contribution is 7.90. The lowest BCUT2D eigenvalue weighted by molar-refractivity contribution is 0.0859. The van der Waals surface area contributed by atoms with Crippen molar-refractivity contribution in [2.24, 2.45) is 0 Å². The number of benzene rings is 1. The normalized spacial score (nSPS) is 20.2. The summed E-state index contributed by atoms with van der Waals surface area (Å²) in [6.45, 7) is 2.63. The van der Waals surface area contributed by atoms with Crippen LogP contribution in [0.2, 0.25) is 0 Å². The van der Waals surface area contributed by atoms with E-state index in [4.69, 9.17) is 4.74 Å². The molecule has 148 valence electrons. The molecule has 2 aromatic rings. The fourth-order valence-electron chi connectivity index (χ4n) is 3.68. The molecule has 2 aliphatic rings. The van der Waals surface area contributed by atoms with Gasteiger partial charge in [0.25, 0.3) is 15.9 Å². The van der Waals surface area contributed by atoms with Crippen LogP contribution in [0.4, 0.5) is 5.69 Å². The Bertz CT molecular complexity index is 1050. The summed E-state index contributed by atoms with van der Waals surface area (Å²) in [5.74, 6) is -0.604. The number of ether oxygens (including phenoxy) is 1. The van der Waals surface area contributed by atoms with E-state index in [9.17, 15) is 18.0 Å². The highest BCUT2D eigenvalue weighted by Gasteiger charge is 2.31. The number of anilines is 1. The van der Waals surface area contributed by atoms with Gasteiger partial charge in [0.1, 0.15) is 10.6 Å². The number of nitrogens with zero attached hydrogens (tertiary/aromatic N) is 1. The minimum Gasteiger partial charge on any atom is -0.378 e. The molecule has 1 atom stereocenters. The van der Waals surface area contributed by atoms with Gasteiger partial charge in [-0.3, -0.25) is 9.59 Å². The number of hydrogen-bond donors (Lipinski definition) is 1. The number of ketones is 1. The number of carbonyl (C=O) groups is 2. The van der Waals surface area contributed by atoms with Crippen molar-refractivity contribution in [3.8, 4) is 0 Å². The Morgan fingerprint density at radius 1 is 1.32 bits per heavy atom. The molecule has 0 bridgehead atoms. The van der Waals surface area contributed by atoms with Crippen LogP contribution in [0.3, 0.4) is 0 Å². The van der Waals surface area contributed by atoms with Gasteiger partial charge in [-0.25, -0.2) is 12.4 Å². The maximum atomic E-state index is 13.0. The van der Waals surface area contributed by atoms with E-state index in [0.717, 1.165) is 29.0 Å². The molecule has 7 nitrogen and oxygen atoms in total. The Hall–Kier alpha value is -2.45. The zero-order valence-corrected chi connectivity index (χ0v) is 16.4. The van der Waals surface area contributed by atoms with Crippen LogP contribution in [0.5, 0.6) is 0 Å². The van der Waals surface area contributed by atoms with Crippen LogP contribution in [0.15, 0.2) is 35.4 Å². The molecule has 1 aromatic carbocycles. The molecule has 0 spiro atoms. The molecule has 1 unspecified atom stereocenters. The van der Waals surface area contributed by atoms with E-state index in [2.05, 4.69) is 5.32 Å². The minimum atomic E-state index is -3.93. The standard InChI is InChI=1S/C20H22N2O5S/c1-2-13-10-17-20(24)21-16-11-14(18(23)7-6-15-4-3-9-27-15)5-8-19(16)28(25,26)22(17)12-13/h5,8,10-12,15H,2-4,6-7,9H2,1H3,(H,21,24). The van der Waals surface area contributed by atoms with E-state index in [1.54, 1.807) is 6.07 Å². The van der Waals surface area contributed by atoms with Gasteiger partial charge in [-0.15, -0.1) is 0 Å². The number of aromatic nitrogens is 1. The van der Waals surface area contributed by atoms with Crippen LogP contribution in [0.1, 0.15) is 59.0 Å². The number of Topliss-reactive ketones (excluding diaryl/α,β-unsaturated/α-hetero) is 1. The topological polar surface area (TPSA) is 94.5 Å². The fourth-order valence-corrected chi connectivity index (χ4v) is 5.19. The second kappa shape index (κ2) is 7.18. The first-order chi connectivity index (χ1) is 13.4. The second-order valence-electron chi connectivity index (χ2n) is 7.15. The molecule has 1 amide bonds. The van der Waals surface area contributed by atoms with Crippen molar-refractivity contribution in [1.82, 2.24) is 3.97 Å². The van der Waals surface area contributed by atoms with Crippen molar-refractivity contribution in [2.45, 2.75) is 50.0 Å². The van der Waals surface area contributed by atoms with Gasteiger partial charge in [-0.2, -0.15) is 0 Å². The first kappa shape index (κ1) is 18.9. The molecular formula is C20H22N2O5S. The van der Waals surface area contributed by atoms with Crippen LogP contribution in [0, 0.1) is 0 Å². The van der Waals surface area contributed by atoms with Gasteiger partial charge in [0, 0.05) is 24.8 Å². The first-order valence-electron chi connectivity index (χ1n) is 9.47. The largest absolute Gasteiger partial charge is 0.378 e. The van der Waals surface area contributed by atoms with E-state index in [1.807, 2.05) is 6.92 Å². The summed E-state index contributed by atoms with van der Waals surface area (Å²) in [4.78, 5) is 25.1. The first-order valence-corrected chi connectivity index (χ1v) is 10.9. The maximum Gasteiger partial charge on any atom is 0.273 e. The molecule has 0 radical (unpaired) electrons. The zero-order valence-electron chi connectivity index (χ0n) is 15.6. The SMILES string of the molecule is CCc1cc2n(c1)S(=O)(=O)c1ccc(C(=O)CCC3CCCO3)cc1NC2=O. The van der Waals surface area contributed by atoms with E-state index >= 15 is 0 Å². The number of amides is 1. The molecule has 28 heavy (non-hydrogen) atoms. The number of carbonyl (C=O) groups excluding carboxylic acids is 2. The molecule has 0 aliphatic carbocycles. The van der Waals surface area contributed by atoms with E-state index in [1.165, 1.54) is 24.4 Å². The molecule has 2 aliphatic heterocycles. The molecule has 8 heteroatoms. The van der Waals surface area contributed by atoms with Crippen molar-refractivity contribution >= 4 is 27.4 Å². The Balaban J connectivity index is 1.65. The highest BCUT2D eigenvalue weighted by Crippen LogP contribution is 2.31. The number of rotatable bonds is 5. The van der Waals surface area contributed by atoms with Crippen molar-refractivity contribution in [3.05, 3.63) is 47.3 Å². The molecule has 3 heterocycles. The number of nitrogens with one attached hydrogen (secondary N) is 1. The van der Waals surface area contributed by atoms with Crippen LogP contribution in [-0.4, -0.2) is 36.8 Å². The number of hydrogen-bond acceptors (Lipinski definition) is 5. The quantitative estimate of drug-likeness (QED) is 0.776. The van der Waals surface area contributed by atoms with Gasteiger partial charge >= 0.3 is 0 Å². The Kier molecular flexibility index (Phi) is 4.84. The Morgan fingerprint density at radius 2 is 2.14 bits per heavy atom. The highest BCUT2D eigenvalue weighted by atomic mass is 32.2. The smallest absolute Gasteiger partial charge is 0.273 e. The molecule has 1 N–H and O–H groups in total. The Morgan fingerprint density at radius 3 is 2.86 bits per heavy atom. The third-order valence-corrected chi connectivity index (χ3v) is 7.02. The summed E-state index contributed by atoms with van der Waals surface area (Å²) in [6.07, 6.45) is 5.15. The fraction of sp³-hybridized carbons (Fsp3) is 0.400. The molecule has 0 saturated carbocycles. The number of aryl methyl sites for hydroxylation is 1. The van der Waals surface area contributed by atoms with E-state index in [-0.39, 0.29) is 28.2 Å². The molecule has 1 aromatic heterocycles. The Labute approximate surface area is 163 Å². The lowest BCUT2D eigenvalue weighted by Crippen LogP contribution is -2.16. The predicted molar refractivity (Wildman–Crippen MR) is 103 cm³/mol. The molecular weight excluding hydrogens is 380 g/mol. The summed E-state index contributed by atoms with van der Waals surface area (Å²) in [5.41, 5.74) is 1.35. The molecule has 4 rings (SSSR count). The second-order valence-corrected chi connectivity index (χ2v) is 8.93. The maximum absolute atomic E-state index is 13.0. The summed E-state index contributed by atoms with van der Waals surface area (Å²) < 4.78 is 32.6. The van der Waals surface area contributed by atoms with Crippen molar-refractivity contribution in [3.63, 3.8) is 0 Å². The summed E-state index contributed by atoms with van der Waals surface area (Å²) in [5, 5.41) is 2.65. The van der Waals surface area contributed by atoms with Crippen molar-refractivity contribution in [1.29, 1.82) is 0 Å². The lowest BCUT2D eigenvalue weighted by atomic mass is 10.0. The minimum absolute atomic E-state index is 0.0199. The lowest BCUT2D eigenvalue weighted by Gasteiger charge is -2.11. The third kappa shape index (κ3) is 3.27. The molecule has 1 fully saturated rings. The average molecular weight is 402 g/mol. The van der Waals surface area contributed by atoms with Gasteiger partial charge in [-0.1, -0.05) is 6.92 Å². The average Bonchev–Trinajstić information content (AvgIpc) is 3.34. The zero-order chi connectivity index (χ0) is 19.9. The summed E-state index contributed by atoms with van der Waals surface area (Å²) in [7, 11) is -3.93. The summed E-state index contributed by atoms with van der Waals surface area (Å²) in [6, 6.07) is 5.93. The van der Waals surface area contributed by atoms with Crippen LogP contribution in [0.25, 0.3) is 0 Å². The third-order valence-electron chi connectivity index (χ3n) is 5.29. The van der Waals surface area contributed by atoms with Gasteiger partial charge in [-0.05, 0) is 55.5 Å². The van der Waals surface area contributed by atoms with Crippen LogP contribution >= 0.6 is 0 Å². The van der Waals surface area contributed by atoms with Gasteiger partial charge < -0.3 is 10.1 Å². The predicted octanol–water partition coefficient (Wildman–Crippen LogP) is 3.00. The summed E-state index contributed by atoms with van der Waals surface area (Å²) >= 11 is 0. The van der Waals surface area contributed by atoms with Gasteiger partial charge in [0.15, 0.2) is 5.78 Å². The van der Waals surface area contributed by atoms with E-state index < -0.39 is 15.9 Å². The van der Waals surface area contributed by atoms with Gasteiger partial charge in [0.2, 0.25) is 0 Å². The monoisotopic (exact) mass is 402 g/mol. The number of fused-ring (bicyclic) bond motifs is 2. The van der Waals surface area contributed by atoms with E-state index in [0.29, 0.717) is 24.8 Å². The van der Waals surface area contributed by atoms with Crippen molar-refractivity contribution < 1.29 is 22.7 Å². The van der Waals surface area contributed by atoms with Crippen LogP contribution in [-0.2, 0) is 21.2 Å².